The lowest BCUT2D eigenvalue weighted by molar-refractivity contribution is 0.0686. The molecule has 0 unspecified atom stereocenters. The van der Waals surface area contributed by atoms with E-state index in [0.717, 1.165) is 16.5 Å². The SMILES string of the molecule is Cn1cc(Cl)c2cc(-c3cc(C(=O)O)no3)ccc21. The Bertz CT molecular complexity index is 788. The Balaban J connectivity index is 2.14. The third-order valence-electron chi connectivity index (χ3n) is 2.95. The van der Waals surface area contributed by atoms with Crippen LogP contribution in [0.2, 0.25) is 5.02 Å². The number of hydrogen-bond donors (Lipinski definition) is 1. The highest BCUT2D eigenvalue weighted by Crippen LogP contribution is 2.30. The summed E-state index contributed by atoms with van der Waals surface area (Å²) in [5, 5.41) is 13.8. The summed E-state index contributed by atoms with van der Waals surface area (Å²) in [5.74, 6) is -0.715. The maximum atomic E-state index is 10.8. The van der Waals surface area contributed by atoms with Crippen LogP contribution in [0.1, 0.15) is 10.5 Å². The van der Waals surface area contributed by atoms with Gasteiger partial charge in [-0.25, -0.2) is 4.79 Å². The molecule has 0 atom stereocenters. The molecule has 0 amide bonds. The summed E-state index contributed by atoms with van der Waals surface area (Å²) in [6.45, 7) is 0. The van der Waals surface area contributed by atoms with Crippen molar-refractivity contribution < 1.29 is 14.4 Å². The number of halogens is 1. The first-order valence-corrected chi connectivity index (χ1v) is 5.89. The molecule has 5 nitrogen and oxygen atoms in total. The lowest BCUT2D eigenvalue weighted by Gasteiger charge is -1.98. The molecule has 0 fully saturated rings. The number of hydrogen-bond acceptors (Lipinski definition) is 3. The summed E-state index contributed by atoms with van der Waals surface area (Å²) in [6.07, 6.45) is 1.82. The average molecular weight is 277 g/mol. The third kappa shape index (κ3) is 1.88. The summed E-state index contributed by atoms with van der Waals surface area (Å²) in [6, 6.07) is 6.98. The molecule has 1 aromatic carbocycles. The Morgan fingerprint density at radius 2 is 2.21 bits per heavy atom. The van der Waals surface area contributed by atoms with E-state index < -0.39 is 5.97 Å². The van der Waals surface area contributed by atoms with E-state index in [1.807, 2.05) is 36.0 Å². The van der Waals surface area contributed by atoms with Gasteiger partial charge in [-0.1, -0.05) is 16.8 Å². The van der Waals surface area contributed by atoms with E-state index in [2.05, 4.69) is 5.16 Å². The van der Waals surface area contributed by atoms with Gasteiger partial charge in [0.1, 0.15) is 0 Å². The molecule has 0 aliphatic heterocycles. The Labute approximate surface area is 113 Å². The molecule has 0 spiro atoms. The van der Waals surface area contributed by atoms with Crippen LogP contribution in [0.25, 0.3) is 22.2 Å². The van der Waals surface area contributed by atoms with Gasteiger partial charge in [-0.05, 0) is 18.2 Å². The standard InChI is InChI=1S/C13H9ClN2O3/c1-16-6-9(14)8-4-7(2-3-11(8)16)12-5-10(13(17)18)15-19-12/h2-6H,1H3,(H,17,18). The molecule has 19 heavy (non-hydrogen) atoms. The number of carboxylic acids is 1. The van der Waals surface area contributed by atoms with E-state index in [1.165, 1.54) is 6.07 Å². The molecule has 2 heterocycles. The average Bonchev–Trinajstić information content (AvgIpc) is 2.96. The van der Waals surface area contributed by atoms with Gasteiger partial charge in [0.25, 0.3) is 0 Å². The summed E-state index contributed by atoms with van der Waals surface area (Å²) in [5.41, 5.74) is 1.61. The molecule has 1 N–H and O–H groups in total. The highest BCUT2D eigenvalue weighted by atomic mass is 35.5. The van der Waals surface area contributed by atoms with Crippen LogP contribution in [-0.4, -0.2) is 20.8 Å². The molecule has 0 bridgehead atoms. The Morgan fingerprint density at radius 3 is 2.89 bits per heavy atom. The van der Waals surface area contributed by atoms with Gasteiger partial charge < -0.3 is 14.2 Å². The molecule has 0 saturated heterocycles. The summed E-state index contributed by atoms with van der Waals surface area (Å²) in [4.78, 5) is 10.8. The van der Waals surface area contributed by atoms with Crippen LogP contribution >= 0.6 is 11.6 Å². The number of rotatable bonds is 2. The van der Waals surface area contributed by atoms with Crippen LogP contribution in [0.5, 0.6) is 0 Å². The molecule has 96 valence electrons. The summed E-state index contributed by atoms with van der Waals surface area (Å²) in [7, 11) is 1.91. The minimum absolute atomic E-state index is 0.116. The van der Waals surface area contributed by atoms with Crippen molar-refractivity contribution in [3.05, 3.63) is 41.2 Å². The normalized spacial score (nSPS) is 11.1. The van der Waals surface area contributed by atoms with Gasteiger partial charge in [0, 0.05) is 35.8 Å². The molecule has 2 aromatic heterocycles. The van der Waals surface area contributed by atoms with E-state index >= 15 is 0 Å². The lowest BCUT2D eigenvalue weighted by Crippen LogP contribution is -1.94. The number of carboxylic acid groups (broad SMARTS) is 1. The zero-order valence-electron chi connectivity index (χ0n) is 9.92. The second kappa shape index (κ2) is 4.13. The second-order valence-electron chi connectivity index (χ2n) is 4.20. The molecule has 0 aliphatic rings. The number of aromatic nitrogens is 2. The third-order valence-corrected chi connectivity index (χ3v) is 3.26. The fourth-order valence-electron chi connectivity index (χ4n) is 2.01. The highest BCUT2D eigenvalue weighted by Gasteiger charge is 2.13. The summed E-state index contributed by atoms with van der Waals surface area (Å²) >= 11 is 6.13. The minimum atomic E-state index is -1.12. The van der Waals surface area contributed by atoms with Crippen LogP contribution in [0.15, 0.2) is 35.0 Å². The minimum Gasteiger partial charge on any atom is -0.476 e. The van der Waals surface area contributed by atoms with Crippen LogP contribution in [0.3, 0.4) is 0 Å². The zero-order chi connectivity index (χ0) is 13.6. The van der Waals surface area contributed by atoms with Gasteiger partial charge in [0.2, 0.25) is 0 Å². The van der Waals surface area contributed by atoms with Crippen molar-refractivity contribution in [2.75, 3.05) is 0 Å². The van der Waals surface area contributed by atoms with Crippen LogP contribution in [0, 0.1) is 0 Å². The highest BCUT2D eigenvalue weighted by molar-refractivity contribution is 6.35. The smallest absolute Gasteiger partial charge is 0.358 e. The largest absolute Gasteiger partial charge is 0.476 e. The van der Waals surface area contributed by atoms with Crippen molar-refractivity contribution in [3.8, 4) is 11.3 Å². The van der Waals surface area contributed by atoms with Crippen molar-refractivity contribution in [2.45, 2.75) is 0 Å². The van der Waals surface area contributed by atoms with Gasteiger partial charge in [0.05, 0.1) is 5.02 Å². The predicted octanol–water partition coefficient (Wildman–Crippen LogP) is 3.18. The van der Waals surface area contributed by atoms with Gasteiger partial charge in [-0.3, -0.25) is 0 Å². The van der Waals surface area contributed by atoms with E-state index in [0.29, 0.717) is 10.8 Å². The Hall–Kier alpha value is -2.27. The van der Waals surface area contributed by atoms with E-state index in [-0.39, 0.29) is 5.69 Å². The monoisotopic (exact) mass is 276 g/mol. The van der Waals surface area contributed by atoms with Gasteiger partial charge in [0.15, 0.2) is 11.5 Å². The van der Waals surface area contributed by atoms with Crippen molar-refractivity contribution in [2.24, 2.45) is 7.05 Å². The number of aryl methyl sites for hydroxylation is 1. The number of benzene rings is 1. The number of fused-ring (bicyclic) bond motifs is 1. The maximum Gasteiger partial charge on any atom is 0.358 e. The Kier molecular flexibility index (Phi) is 2.57. The Morgan fingerprint density at radius 1 is 1.42 bits per heavy atom. The van der Waals surface area contributed by atoms with E-state index in [9.17, 15) is 4.79 Å². The van der Waals surface area contributed by atoms with E-state index in [1.54, 1.807) is 0 Å². The number of carbonyl (C=O) groups is 1. The zero-order valence-corrected chi connectivity index (χ0v) is 10.7. The van der Waals surface area contributed by atoms with Crippen molar-refractivity contribution >= 4 is 28.5 Å². The molecular formula is C13H9ClN2O3. The molecule has 0 saturated carbocycles. The fourth-order valence-corrected chi connectivity index (χ4v) is 2.31. The van der Waals surface area contributed by atoms with Crippen molar-refractivity contribution in [3.63, 3.8) is 0 Å². The van der Waals surface area contributed by atoms with E-state index in [4.69, 9.17) is 21.2 Å². The molecule has 3 rings (SSSR count). The molecule has 0 radical (unpaired) electrons. The van der Waals surface area contributed by atoms with Crippen molar-refractivity contribution in [1.82, 2.24) is 9.72 Å². The fraction of sp³-hybridized carbons (Fsp3) is 0.0769. The first-order valence-electron chi connectivity index (χ1n) is 5.51. The predicted molar refractivity (Wildman–Crippen MR) is 70.4 cm³/mol. The maximum absolute atomic E-state index is 10.8. The number of aromatic carboxylic acids is 1. The molecule has 0 aliphatic carbocycles. The summed E-state index contributed by atoms with van der Waals surface area (Å²) < 4.78 is 6.95. The lowest BCUT2D eigenvalue weighted by atomic mass is 10.1. The van der Waals surface area contributed by atoms with Gasteiger partial charge >= 0.3 is 5.97 Å². The van der Waals surface area contributed by atoms with Crippen LogP contribution in [-0.2, 0) is 7.05 Å². The molecule has 6 heteroatoms. The topological polar surface area (TPSA) is 68.3 Å². The quantitative estimate of drug-likeness (QED) is 0.780. The van der Waals surface area contributed by atoms with Crippen LogP contribution < -0.4 is 0 Å². The first-order chi connectivity index (χ1) is 9.06. The molecular weight excluding hydrogens is 268 g/mol. The van der Waals surface area contributed by atoms with Gasteiger partial charge in [-0.2, -0.15) is 0 Å². The van der Waals surface area contributed by atoms with Crippen molar-refractivity contribution in [1.29, 1.82) is 0 Å². The number of nitrogens with zero attached hydrogens (tertiary/aromatic N) is 2. The second-order valence-corrected chi connectivity index (χ2v) is 4.61. The first kappa shape index (κ1) is 11.8. The van der Waals surface area contributed by atoms with Crippen LogP contribution in [0.4, 0.5) is 0 Å². The van der Waals surface area contributed by atoms with Gasteiger partial charge in [-0.15, -0.1) is 0 Å². The molecule has 3 aromatic rings.